The van der Waals surface area contributed by atoms with Crippen LogP contribution >= 0.6 is 0 Å². The molecule has 0 aromatic heterocycles. The number of hydrogen-bond donors (Lipinski definition) is 0. The van der Waals surface area contributed by atoms with Gasteiger partial charge in [-0.2, -0.15) is 0 Å². The van der Waals surface area contributed by atoms with Gasteiger partial charge in [-0.25, -0.2) is 0 Å². The molecule has 48 heavy (non-hydrogen) atoms. The van der Waals surface area contributed by atoms with Crippen molar-refractivity contribution in [1.82, 2.24) is 0 Å². The van der Waals surface area contributed by atoms with Gasteiger partial charge in [-0.3, -0.25) is 0 Å². The first-order valence-corrected chi connectivity index (χ1v) is 58.1. The van der Waals surface area contributed by atoms with E-state index in [1.165, 1.54) is 15.9 Å². The average Bonchev–Trinajstić information content (AvgIpc) is 2.61. The predicted molar refractivity (Wildman–Crippen MR) is 264 cm³/mol. The van der Waals surface area contributed by atoms with Crippen LogP contribution in [0.3, 0.4) is 0 Å². The molecule has 0 N–H and O–H groups in total. The Morgan fingerprint density at radius 2 is 0.562 bits per heavy atom. The highest BCUT2D eigenvalue weighted by molar-refractivity contribution is 7.51. The Morgan fingerprint density at radius 3 is 0.708 bits per heavy atom. The summed E-state index contributed by atoms with van der Waals surface area (Å²) in [6.45, 7) is 82.5. The smallest absolute Gasteiger partial charge is 0.0790 e. The van der Waals surface area contributed by atoms with E-state index in [1.807, 2.05) is 0 Å². The first-order chi connectivity index (χ1) is 20.3. The first kappa shape index (κ1) is 50.6. The second kappa shape index (κ2) is 15.6. The highest BCUT2D eigenvalue weighted by Crippen LogP contribution is 2.57. The van der Waals surface area contributed by atoms with Gasteiger partial charge < -0.3 is 0 Å². The minimum absolute atomic E-state index is 0.411. The van der Waals surface area contributed by atoms with Gasteiger partial charge in [-0.15, -0.1) is 0 Å². The number of hydrogen-bond acceptors (Lipinski definition) is 0. The predicted octanol–water partition coefficient (Wildman–Crippen LogP) is 14.2. The topological polar surface area (TPSA) is 0 Å². The second-order valence-corrected chi connectivity index (χ2v) is 95.8. The molecule has 0 saturated heterocycles. The zero-order chi connectivity index (χ0) is 39.5. The molecule has 0 aromatic rings. The summed E-state index contributed by atoms with van der Waals surface area (Å²) < 4.78 is 0. The summed E-state index contributed by atoms with van der Waals surface area (Å²) in [5.74, 6) is 0. The molecule has 0 atom stereocenters. The standard InChI is InChI=1S/C36H94Si12/c1-31(2)48(34(43(18,19)20)44(21,22)23,35(45(24,25)26)46(27,28)29)38-37-47(30-36(3,4)5,32(39(6,7)8)40(9,10)11)33(41(12,13)14)42(15,16)17/h31-35H,30H2,1-29H3. The third kappa shape index (κ3) is 12.6. The van der Waals surface area contributed by atoms with E-state index in [0.29, 0.717) is 5.41 Å². The van der Waals surface area contributed by atoms with Crippen molar-refractivity contribution in [3.05, 3.63) is 0 Å². The van der Waals surface area contributed by atoms with Gasteiger partial charge in [0.05, 0.1) is 15.2 Å². The van der Waals surface area contributed by atoms with Crippen molar-refractivity contribution in [1.29, 1.82) is 0 Å². The van der Waals surface area contributed by atoms with Crippen LogP contribution in [0.5, 0.6) is 0 Å². The lowest BCUT2D eigenvalue weighted by molar-refractivity contribution is 0.461. The summed E-state index contributed by atoms with van der Waals surface area (Å²) in [7, 11) is -12.7. The highest BCUT2D eigenvalue weighted by atomic mass is 29.5. The Morgan fingerprint density at radius 1 is 0.354 bits per heavy atom. The molecule has 0 bridgehead atoms. The van der Waals surface area contributed by atoms with Gasteiger partial charge in [0.25, 0.3) is 0 Å². The van der Waals surface area contributed by atoms with E-state index < -0.39 is 79.8 Å². The SMILES string of the molecule is CC(C)[Si]([Si]#[Si][Si](CC(C)(C)C)(C([Si](C)(C)C)[Si](C)(C)C)C([Si](C)(C)C)[Si](C)(C)C)(C([Si](C)(C)C)[Si](C)(C)C)C([Si](C)(C)C)[Si](C)(C)C. The van der Waals surface area contributed by atoms with Crippen molar-refractivity contribution >= 4 is 95.6 Å². The van der Waals surface area contributed by atoms with E-state index in [2.05, 4.69) is 192 Å². The lowest BCUT2D eigenvalue weighted by atomic mass is 10.0. The van der Waals surface area contributed by atoms with Gasteiger partial charge in [-0.1, -0.05) is 208 Å². The van der Waals surface area contributed by atoms with Crippen molar-refractivity contribution < 1.29 is 0 Å². The molecule has 0 aliphatic rings. The van der Waals surface area contributed by atoms with Gasteiger partial charge in [0.1, 0.15) is 0 Å². The largest absolute Gasteiger partial charge is 0.0971 e. The highest BCUT2D eigenvalue weighted by Gasteiger charge is 2.65. The molecule has 0 aliphatic heterocycles. The Bertz CT molecular complexity index is 998. The summed E-state index contributed by atoms with van der Waals surface area (Å²) in [5, 5.41) is 0. The molecule has 0 amide bonds. The molecule has 0 unspecified atom stereocenters. The molecule has 0 nitrogen and oxygen atoms in total. The molecular formula is C36H94Si12. The van der Waals surface area contributed by atoms with E-state index in [9.17, 15) is 0 Å². The van der Waals surface area contributed by atoms with Crippen LogP contribution in [0.2, 0.25) is 188 Å². The van der Waals surface area contributed by atoms with Crippen LogP contribution in [-0.4, -0.2) is 95.6 Å². The van der Waals surface area contributed by atoms with Crippen LogP contribution in [0.4, 0.5) is 0 Å². The zero-order valence-electron chi connectivity index (χ0n) is 39.1. The van der Waals surface area contributed by atoms with Crippen molar-refractivity contribution in [2.45, 2.75) is 222 Å². The summed E-state index contributed by atoms with van der Waals surface area (Å²) in [6, 6.07) is 1.61. The summed E-state index contributed by atoms with van der Waals surface area (Å²) in [5.41, 5.74) is 1.32. The summed E-state index contributed by atoms with van der Waals surface area (Å²) in [4.78, 5) is 4.45. The Labute approximate surface area is 321 Å². The molecule has 0 saturated carbocycles. The minimum atomic E-state index is -1.83. The zero-order valence-corrected chi connectivity index (χ0v) is 51.1. The minimum Gasteiger partial charge on any atom is -0.0790 e. The molecule has 0 aliphatic carbocycles. The maximum Gasteiger partial charge on any atom is 0.0971 e. The van der Waals surface area contributed by atoms with Crippen LogP contribution in [0, 0.1) is 5.41 Å². The summed E-state index contributed by atoms with van der Waals surface area (Å²) in [6.07, 6.45) is 0. The van der Waals surface area contributed by atoms with Crippen molar-refractivity contribution in [2.24, 2.45) is 5.41 Å². The van der Waals surface area contributed by atoms with Crippen molar-refractivity contribution in [3.63, 3.8) is 0 Å². The average molecular weight is 864 g/mol. The normalized spacial score (nSPS) is 16.0. The van der Waals surface area contributed by atoms with Gasteiger partial charge in [0.15, 0.2) is 0 Å². The number of rotatable bonds is 14. The fraction of sp³-hybridized carbons (Fsp3) is 1.00. The Balaban J connectivity index is 9.72. The van der Waals surface area contributed by atoms with E-state index >= 15 is 0 Å². The van der Waals surface area contributed by atoms with Crippen LogP contribution in [-0.2, 0) is 0 Å². The molecule has 0 spiro atoms. The molecule has 286 valence electrons. The lowest BCUT2D eigenvalue weighted by Gasteiger charge is -2.61. The van der Waals surface area contributed by atoms with Crippen molar-refractivity contribution in [3.8, 4) is 0 Å². The maximum absolute atomic E-state index is 2.87. The molecular weight excluding hydrogens is 769 g/mol. The van der Waals surface area contributed by atoms with E-state index in [-0.39, 0.29) is 0 Å². The van der Waals surface area contributed by atoms with Crippen LogP contribution in [0.25, 0.3) is 0 Å². The first-order valence-electron chi connectivity index (χ1n) is 19.9. The molecule has 12 heteroatoms. The third-order valence-corrected chi connectivity index (χ3v) is 115. The van der Waals surface area contributed by atoms with Crippen LogP contribution < -0.4 is 0 Å². The van der Waals surface area contributed by atoms with Gasteiger partial charge in [-0.05, 0) is 36.2 Å². The van der Waals surface area contributed by atoms with E-state index in [1.54, 1.807) is 6.04 Å². The van der Waals surface area contributed by atoms with E-state index in [0.717, 1.165) is 24.7 Å². The molecule has 0 heterocycles. The maximum atomic E-state index is 2.87. The molecule has 0 fully saturated rings. The third-order valence-electron chi connectivity index (χ3n) is 11.2. The van der Waals surface area contributed by atoms with Gasteiger partial charge in [0, 0.05) is 64.6 Å². The Kier molecular flexibility index (Phi) is 16.5. The van der Waals surface area contributed by atoms with Crippen molar-refractivity contribution in [2.75, 3.05) is 0 Å². The molecule has 0 radical (unpaired) electrons. The fourth-order valence-corrected chi connectivity index (χ4v) is 199. The second-order valence-electron chi connectivity index (χ2n) is 26.8. The fourth-order valence-electron chi connectivity index (χ4n) is 13.9. The van der Waals surface area contributed by atoms with Crippen LogP contribution in [0.1, 0.15) is 34.6 Å². The molecule has 0 aromatic carbocycles. The lowest BCUT2D eigenvalue weighted by Crippen LogP contribution is -2.74. The van der Waals surface area contributed by atoms with Crippen LogP contribution in [0.15, 0.2) is 0 Å². The Hall–Kier alpha value is 2.60. The summed E-state index contributed by atoms with van der Waals surface area (Å²) >= 11 is 0. The quantitative estimate of drug-likeness (QED) is 0.153. The molecule has 0 rings (SSSR count). The van der Waals surface area contributed by atoms with Gasteiger partial charge in [0.2, 0.25) is 0 Å². The van der Waals surface area contributed by atoms with Gasteiger partial charge >= 0.3 is 0 Å². The monoisotopic (exact) mass is 862 g/mol. The van der Waals surface area contributed by atoms with E-state index in [4.69, 9.17) is 0 Å².